The minimum absolute atomic E-state index is 0.170. The molecule has 1 aromatic rings. The lowest BCUT2D eigenvalue weighted by Crippen LogP contribution is -2.48. The standard InChI is InChI=1S/C12H16N2O3S/c1-12(2,3)18(16,17)14-8-11(15)13-9-6-4-5-7-10(9)14/h4-7H,8H2,1-3H3,(H,13,15). The van der Waals surface area contributed by atoms with Crippen LogP contribution in [0.3, 0.4) is 0 Å². The molecule has 98 valence electrons. The number of anilines is 2. The molecule has 0 aromatic heterocycles. The Morgan fingerprint density at radius 3 is 2.44 bits per heavy atom. The zero-order chi connectivity index (χ0) is 13.6. The van der Waals surface area contributed by atoms with E-state index in [1.165, 1.54) is 4.31 Å². The van der Waals surface area contributed by atoms with Crippen molar-refractivity contribution in [3.63, 3.8) is 0 Å². The van der Waals surface area contributed by atoms with Crippen LogP contribution in [0, 0.1) is 0 Å². The number of hydrogen-bond acceptors (Lipinski definition) is 3. The Morgan fingerprint density at radius 2 is 1.83 bits per heavy atom. The predicted molar refractivity (Wildman–Crippen MR) is 71.1 cm³/mol. The number of sulfonamides is 1. The topological polar surface area (TPSA) is 66.5 Å². The summed E-state index contributed by atoms with van der Waals surface area (Å²) in [6.07, 6.45) is 0. The number of rotatable bonds is 1. The maximum Gasteiger partial charge on any atom is 0.245 e. The molecule has 0 saturated carbocycles. The molecular weight excluding hydrogens is 252 g/mol. The second-order valence-corrected chi connectivity index (χ2v) is 7.81. The average Bonchev–Trinajstić information content (AvgIpc) is 2.26. The fourth-order valence-electron chi connectivity index (χ4n) is 1.75. The second-order valence-electron chi connectivity index (χ2n) is 5.19. The fourth-order valence-corrected chi connectivity index (χ4v) is 3.11. The van der Waals surface area contributed by atoms with Gasteiger partial charge in [-0.2, -0.15) is 0 Å². The molecule has 0 fully saturated rings. The summed E-state index contributed by atoms with van der Waals surface area (Å²) >= 11 is 0. The lowest BCUT2D eigenvalue weighted by molar-refractivity contribution is -0.115. The minimum atomic E-state index is -3.57. The molecule has 0 spiro atoms. The molecule has 0 radical (unpaired) electrons. The highest BCUT2D eigenvalue weighted by atomic mass is 32.2. The molecule has 18 heavy (non-hydrogen) atoms. The van der Waals surface area contributed by atoms with Gasteiger partial charge in [0.25, 0.3) is 0 Å². The Labute approximate surface area is 107 Å². The van der Waals surface area contributed by atoms with Crippen LogP contribution in [0.5, 0.6) is 0 Å². The first kappa shape index (κ1) is 12.9. The van der Waals surface area contributed by atoms with Gasteiger partial charge < -0.3 is 5.32 Å². The molecule has 0 aliphatic carbocycles. The Kier molecular flexibility index (Phi) is 2.85. The van der Waals surface area contributed by atoms with Crippen molar-refractivity contribution in [2.45, 2.75) is 25.5 Å². The van der Waals surface area contributed by atoms with Crippen LogP contribution in [-0.4, -0.2) is 25.6 Å². The molecule has 1 N–H and O–H groups in total. The first-order chi connectivity index (χ1) is 8.23. The van der Waals surface area contributed by atoms with Crippen LogP contribution < -0.4 is 9.62 Å². The number of fused-ring (bicyclic) bond motifs is 1. The highest BCUT2D eigenvalue weighted by molar-refractivity contribution is 7.94. The van der Waals surface area contributed by atoms with E-state index in [9.17, 15) is 13.2 Å². The smallest absolute Gasteiger partial charge is 0.245 e. The van der Waals surface area contributed by atoms with Gasteiger partial charge in [0.1, 0.15) is 6.54 Å². The number of carbonyl (C=O) groups is 1. The fraction of sp³-hybridized carbons (Fsp3) is 0.417. The van der Waals surface area contributed by atoms with E-state index < -0.39 is 14.8 Å². The van der Waals surface area contributed by atoms with Crippen LogP contribution in [0.4, 0.5) is 11.4 Å². The molecule has 1 aliphatic heterocycles. The van der Waals surface area contributed by atoms with Crippen LogP contribution in [0.2, 0.25) is 0 Å². The second kappa shape index (κ2) is 3.98. The van der Waals surface area contributed by atoms with E-state index in [1.807, 2.05) is 0 Å². The van der Waals surface area contributed by atoms with E-state index in [2.05, 4.69) is 5.32 Å². The van der Waals surface area contributed by atoms with Crippen LogP contribution in [-0.2, 0) is 14.8 Å². The highest BCUT2D eigenvalue weighted by Crippen LogP contribution is 2.34. The summed E-state index contributed by atoms with van der Waals surface area (Å²) in [7, 11) is -3.57. The number of carbonyl (C=O) groups excluding carboxylic acids is 1. The first-order valence-corrected chi connectivity index (χ1v) is 7.08. The van der Waals surface area contributed by atoms with Crippen LogP contribution in [0.25, 0.3) is 0 Å². The molecule has 1 amide bonds. The van der Waals surface area contributed by atoms with Gasteiger partial charge in [-0.1, -0.05) is 12.1 Å². The summed E-state index contributed by atoms with van der Waals surface area (Å²) in [5, 5.41) is 2.67. The molecule has 2 rings (SSSR count). The number of nitrogens with zero attached hydrogens (tertiary/aromatic N) is 1. The summed E-state index contributed by atoms with van der Waals surface area (Å²) in [6, 6.07) is 6.89. The predicted octanol–water partition coefficient (Wildman–Crippen LogP) is 1.57. The Bertz CT molecular complexity index is 588. The number of benzene rings is 1. The lowest BCUT2D eigenvalue weighted by Gasteiger charge is -2.34. The summed E-state index contributed by atoms with van der Waals surface area (Å²) < 4.78 is 25.2. The molecule has 0 saturated heterocycles. The molecule has 1 aromatic carbocycles. The van der Waals surface area contributed by atoms with Gasteiger partial charge in [0.15, 0.2) is 0 Å². The third kappa shape index (κ3) is 1.96. The van der Waals surface area contributed by atoms with E-state index in [0.29, 0.717) is 11.4 Å². The largest absolute Gasteiger partial charge is 0.323 e. The molecular formula is C12H16N2O3S. The third-order valence-corrected chi connectivity index (χ3v) is 5.25. The van der Waals surface area contributed by atoms with Gasteiger partial charge >= 0.3 is 0 Å². The highest BCUT2D eigenvalue weighted by Gasteiger charge is 2.39. The first-order valence-electron chi connectivity index (χ1n) is 5.64. The molecule has 1 heterocycles. The monoisotopic (exact) mass is 268 g/mol. The number of hydrogen-bond donors (Lipinski definition) is 1. The van der Waals surface area contributed by atoms with Gasteiger partial charge in [0.05, 0.1) is 16.1 Å². The van der Waals surface area contributed by atoms with Crippen molar-refractivity contribution in [2.24, 2.45) is 0 Å². The van der Waals surface area contributed by atoms with Crippen molar-refractivity contribution in [3.8, 4) is 0 Å². The van der Waals surface area contributed by atoms with Crippen LogP contribution >= 0.6 is 0 Å². The van der Waals surface area contributed by atoms with E-state index in [4.69, 9.17) is 0 Å². The number of amides is 1. The van der Waals surface area contributed by atoms with Crippen molar-refractivity contribution in [3.05, 3.63) is 24.3 Å². The van der Waals surface area contributed by atoms with Crippen LogP contribution in [0.1, 0.15) is 20.8 Å². The Morgan fingerprint density at radius 1 is 1.22 bits per heavy atom. The van der Waals surface area contributed by atoms with Crippen molar-refractivity contribution in [1.29, 1.82) is 0 Å². The summed E-state index contributed by atoms with van der Waals surface area (Å²) in [5.74, 6) is -0.318. The quantitative estimate of drug-likeness (QED) is 0.840. The lowest BCUT2D eigenvalue weighted by atomic mass is 10.2. The van der Waals surface area contributed by atoms with E-state index in [0.717, 1.165) is 0 Å². The summed E-state index contributed by atoms with van der Waals surface area (Å²) in [4.78, 5) is 11.6. The summed E-state index contributed by atoms with van der Waals surface area (Å²) in [6.45, 7) is 4.70. The van der Waals surface area contributed by atoms with Crippen LogP contribution in [0.15, 0.2) is 24.3 Å². The van der Waals surface area contributed by atoms with E-state index in [-0.39, 0.29) is 12.5 Å². The molecule has 6 heteroatoms. The van der Waals surface area contributed by atoms with Gasteiger partial charge in [-0.15, -0.1) is 0 Å². The molecule has 1 aliphatic rings. The van der Waals surface area contributed by atoms with E-state index in [1.54, 1.807) is 45.0 Å². The van der Waals surface area contributed by atoms with Gasteiger partial charge in [-0.05, 0) is 32.9 Å². The molecule has 0 bridgehead atoms. The maximum absolute atomic E-state index is 12.5. The molecule has 5 nitrogen and oxygen atoms in total. The third-order valence-electron chi connectivity index (χ3n) is 2.80. The average molecular weight is 268 g/mol. The van der Waals surface area contributed by atoms with Gasteiger partial charge in [0, 0.05) is 0 Å². The van der Waals surface area contributed by atoms with Crippen molar-refractivity contribution < 1.29 is 13.2 Å². The SMILES string of the molecule is CC(C)(C)S(=O)(=O)N1CC(=O)Nc2ccccc21. The zero-order valence-corrected chi connectivity index (χ0v) is 11.4. The van der Waals surface area contributed by atoms with Gasteiger partial charge in [0.2, 0.25) is 15.9 Å². The molecule has 0 unspecified atom stereocenters. The maximum atomic E-state index is 12.5. The van der Waals surface area contributed by atoms with E-state index >= 15 is 0 Å². The normalized spacial score (nSPS) is 16.2. The Hall–Kier alpha value is -1.56. The minimum Gasteiger partial charge on any atom is -0.323 e. The molecule has 0 atom stereocenters. The summed E-state index contributed by atoms with van der Waals surface area (Å²) in [5.41, 5.74) is 1.05. The van der Waals surface area contributed by atoms with Crippen molar-refractivity contribution >= 4 is 27.3 Å². The Balaban J connectivity index is 2.57. The number of para-hydroxylation sites is 2. The van der Waals surface area contributed by atoms with Crippen molar-refractivity contribution in [1.82, 2.24) is 0 Å². The van der Waals surface area contributed by atoms with Gasteiger partial charge in [-0.3, -0.25) is 9.10 Å². The number of nitrogens with one attached hydrogen (secondary N) is 1. The van der Waals surface area contributed by atoms with Gasteiger partial charge in [-0.25, -0.2) is 8.42 Å². The zero-order valence-electron chi connectivity index (χ0n) is 10.6. The van der Waals surface area contributed by atoms with Crippen molar-refractivity contribution in [2.75, 3.05) is 16.2 Å².